The Labute approximate surface area is 84.6 Å². The molecule has 3 fully saturated rings. The zero-order chi connectivity index (χ0) is 9.76. The molecule has 0 aromatic heterocycles. The maximum Gasteiger partial charge on any atom is 0.224 e. The van der Waals surface area contributed by atoms with E-state index < -0.39 is 0 Å². The molecule has 2 unspecified atom stereocenters. The Kier molecular flexibility index (Phi) is 1.69. The Hall–Kier alpha value is -0.570. The lowest BCUT2D eigenvalue weighted by atomic mass is 9.77. The van der Waals surface area contributed by atoms with Crippen LogP contribution in [0.1, 0.15) is 32.1 Å². The lowest BCUT2D eigenvalue weighted by molar-refractivity contribution is -0.130. The molecule has 1 heterocycles. The molecule has 0 aromatic carbocycles. The third-order valence-corrected chi connectivity index (χ3v) is 4.23. The van der Waals surface area contributed by atoms with Crippen molar-refractivity contribution in [2.24, 2.45) is 17.6 Å². The monoisotopic (exact) mass is 194 g/mol. The molecule has 2 N–H and O–H groups in total. The highest BCUT2D eigenvalue weighted by Crippen LogP contribution is 2.42. The van der Waals surface area contributed by atoms with Crippen LogP contribution >= 0.6 is 0 Å². The minimum atomic E-state index is -0.112. The first-order valence-corrected chi connectivity index (χ1v) is 5.73. The minimum absolute atomic E-state index is 0.112. The van der Waals surface area contributed by atoms with Gasteiger partial charge in [0.05, 0.1) is 0 Å². The summed E-state index contributed by atoms with van der Waals surface area (Å²) in [5.74, 6) is 1.96. The van der Waals surface area contributed by atoms with Gasteiger partial charge in [0.15, 0.2) is 0 Å². The molecule has 3 rings (SSSR count). The number of hydrogen-bond acceptors (Lipinski definition) is 2. The second kappa shape index (κ2) is 2.72. The molecule has 0 radical (unpaired) electrons. The van der Waals surface area contributed by atoms with Gasteiger partial charge >= 0.3 is 0 Å². The van der Waals surface area contributed by atoms with Crippen LogP contribution in [0.5, 0.6) is 0 Å². The van der Waals surface area contributed by atoms with Gasteiger partial charge in [0.1, 0.15) is 0 Å². The molecule has 2 atom stereocenters. The van der Waals surface area contributed by atoms with Crippen molar-refractivity contribution in [1.29, 1.82) is 0 Å². The Balaban J connectivity index is 1.57. The molecule has 3 heteroatoms. The highest BCUT2D eigenvalue weighted by Gasteiger charge is 2.45. The Morgan fingerprint density at radius 1 is 1.29 bits per heavy atom. The normalized spacial score (nSPS) is 37.6. The summed E-state index contributed by atoms with van der Waals surface area (Å²) >= 11 is 0. The molecule has 1 amide bonds. The predicted molar refractivity (Wildman–Crippen MR) is 53.6 cm³/mol. The smallest absolute Gasteiger partial charge is 0.224 e. The second-order valence-corrected chi connectivity index (χ2v) is 5.44. The highest BCUT2D eigenvalue weighted by atomic mass is 16.2. The van der Waals surface area contributed by atoms with Crippen molar-refractivity contribution in [1.82, 2.24) is 4.90 Å². The van der Waals surface area contributed by atoms with Crippen LogP contribution < -0.4 is 5.73 Å². The zero-order valence-corrected chi connectivity index (χ0v) is 8.54. The van der Waals surface area contributed by atoms with Crippen molar-refractivity contribution in [3.8, 4) is 0 Å². The summed E-state index contributed by atoms with van der Waals surface area (Å²) in [6, 6.07) is 0. The molecule has 3 nitrogen and oxygen atoms in total. The fourth-order valence-corrected chi connectivity index (χ4v) is 2.71. The van der Waals surface area contributed by atoms with Gasteiger partial charge < -0.3 is 10.6 Å². The van der Waals surface area contributed by atoms with Crippen molar-refractivity contribution in [2.45, 2.75) is 37.6 Å². The molecular formula is C11H18N2O. The number of fused-ring (bicyclic) bond motifs is 1. The van der Waals surface area contributed by atoms with Gasteiger partial charge in [-0.2, -0.15) is 0 Å². The summed E-state index contributed by atoms with van der Waals surface area (Å²) < 4.78 is 0. The second-order valence-electron chi connectivity index (χ2n) is 5.44. The molecule has 14 heavy (non-hydrogen) atoms. The summed E-state index contributed by atoms with van der Waals surface area (Å²) in [4.78, 5) is 13.9. The Morgan fingerprint density at radius 3 is 2.29 bits per heavy atom. The molecule has 0 aromatic rings. The van der Waals surface area contributed by atoms with Crippen molar-refractivity contribution in [3.05, 3.63) is 0 Å². The van der Waals surface area contributed by atoms with Crippen LogP contribution in [0.4, 0.5) is 0 Å². The third-order valence-electron chi connectivity index (χ3n) is 4.23. The van der Waals surface area contributed by atoms with Gasteiger partial charge in [-0.15, -0.1) is 0 Å². The average Bonchev–Trinajstić information content (AvgIpc) is 2.73. The van der Waals surface area contributed by atoms with E-state index in [0.717, 1.165) is 37.8 Å². The van der Waals surface area contributed by atoms with Crippen LogP contribution in [0.2, 0.25) is 0 Å². The van der Waals surface area contributed by atoms with Crippen molar-refractivity contribution in [3.63, 3.8) is 0 Å². The summed E-state index contributed by atoms with van der Waals surface area (Å²) in [6.07, 6.45) is 5.34. The summed E-state index contributed by atoms with van der Waals surface area (Å²) in [5, 5.41) is 0. The van der Waals surface area contributed by atoms with Crippen LogP contribution in [0.25, 0.3) is 0 Å². The van der Waals surface area contributed by atoms with Crippen LogP contribution in [0.3, 0.4) is 0 Å². The number of carbonyl (C=O) groups is 1. The van der Waals surface area contributed by atoms with Gasteiger partial charge in [-0.05, 0) is 37.5 Å². The van der Waals surface area contributed by atoms with Crippen molar-refractivity contribution in [2.75, 3.05) is 13.1 Å². The third kappa shape index (κ3) is 1.34. The summed E-state index contributed by atoms with van der Waals surface area (Å²) in [6.45, 7) is 2.03. The number of nitrogens with zero attached hydrogens (tertiary/aromatic N) is 1. The molecule has 0 spiro atoms. The number of nitrogens with two attached hydrogens (primary N) is 1. The van der Waals surface area contributed by atoms with E-state index in [1.165, 1.54) is 12.8 Å². The number of carbonyl (C=O) groups excluding carboxylic acids is 1. The molecule has 1 saturated heterocycles. The maximum absolute atomic E-state index is 11.9. The lowest BCUT2D eigenvalue weighted by Gasteiger charge is -2.27. The fourth-order valence-electron chi connectivity index (χ4n) is 2.71. The van der Waals surface area contributed by atoms with Crippen LogP contribution in [-0.4, -0.2) is 29.4 Å². The number of hydrogen-bond donors (Lipinski definition) is 1. The highest BCUT2D eigenvalue weighted by molar-refractivity contribution is 5.78. The maximum atomic E-state index is 11.9. The average molecular weight is 194 g/mol. The standard InChI is InChI=1S/C11H18N2O/c12-11(3-4-11)5-10(14)13-6-8-1-2-9(8)7-13/h8-9H,1-7,12H2. The van der Waals surface area contributed by atoms with E-state index in [1.54, 1.807) is 0 Å². The van der Waals surface area contributed by atoms with Gasteiger partial charge in [-0.25, -0.2) is 0 Å². The van der Waals surface area contributed by atoms with E-state index in [9.17, 15) is 4.79 Å². The molecular weight excluding hydrogens is 176 g/mol. The number of amides is 1. The SMILES string of the molecule is NC1(CC(=O)N2CC3CCC3C2)CC1. The predicted octanol–water partition coefficient (Wildman–Crippen LogP) is 0.736. The Bertz CT molecular complexity index is 260. The van der Waals surface area contributed by atoms with Gasteiger partial charge in [-0.3, -0.25) is 4.79 Å². The summed E-state index contributed by atoms with van der Waals surface area (Å²) in [7, 11) is 0. The van der Waals surface area contributed by atoms with E-state index in [0.29, 0.717) is 12.3 Å². The van der Waals surface area contributed by atoms with Crippen LogP contribution in [-0.2, 0) is 4.79 Å². The zero-order valence-electron chi connectivity index (χ0n) is 8.54. The van der Waals surface area contributed by atoms with E-state index in [2.05, 4.69) is 4.90 Å². The molecule has 78 valence electrons. The topological polar surface area (TPSA) is 46.3 Å². The molecule has 1 aliphatic heterocycles. The largest absolute Gasteiger partial charge is 0.342 e. The molecule has 3 aliphatic rings. The molecule has 2 aliphatic carbocycles. The molecule has 2 saturated carbocycles. The van der Waals surface area contributed by atoms with E-state index in [4.69, 9.17) is 5.73 Å². The van der Waals surface area contributed by atoms with Crippen LogP contribution in [0, 0.1) is 11.8 Å². The van der Waals surface area contributed by atoms with E-state index >= 15 is 0 Å². The Morgan fingerprint density at radius 2 is 1.86 bits per heavy atom. The number of likely N-dealkylation sites (tertiary alicyclic amines) is 1. The summed E-state index contributed by atoms with van der Waals surface area (Å²) in [5.41, 5.74) is 5.84. The van der Waals surface area contributed by atoms with E-state index in [1.807, 2.05) is 0 Å². The van der Waals surface area contributed by atoms with Gasteiger partial charge in [0, 0.05) is 25.0 Å². The van der Waals surface area contributed by atoms with Crippen molar-refractivity contribution >= 4 is 5.91 Å². The number of rotatable bonds is 2. The quantitative estimate of drug-likeness (QED) is 0.704. The van der Waals surface area contributed by atoms with Crippen LogP contribution in [0.15, 0.2) is 0 Å². The lowest BCUT2D eigenvalue weighted by Crippen LogP contribution is -2.35. The first-order valence-electron chi connectivity index (χ1n) is 5.73. The fraction of sp³-hybridized carbons (Fsp3) is 0.909. The van der Waals surface area contributed by atoms with Gasteiger partial charge in [0.2, 0.25) is 5.91 Å². The van der Waals surface area contributed by atoms with Crippen molar-refractivity contribution < 1.29 is 4.79 Å². The van der Waals surface area contributed by atoms with Gasteiger partial charge in [0.25, 0.3) is 0 Å². The molecule has 0 bridgehead atoms. The first kappa shape index (κ1) is 8.72. The minimum Gasteiger partial charge on any atom is -0.342 e. The van der Waals surface area contributed by atoms with Gasteiger partial charge in [-0.1, -0.05) is 0 Å². The van der Waals surface area contributed by atoms with E-state index in [-0.39, 0.29) is 5.54 Å². The first-order chi connectivity index (χ1) is 6.66.